The van der Waals surface area contributed by atoms with Crippen LogP contribution in [0.3, 0.4) is 0 Å². The standard InChI is InChI=1S/C17H16ClNO4/c1-22-14-8-4-5-9-15(14)23-17(21)11-19-16(20)10-12-6-2-3-7-13(12)18/h2-9H,10-11H2,1H3,(H,19,20). The van der Waals surface area contributed by atoms with Crippen molar-refractivity contribution in [2.24, 2.45) is 0 Å². The van der Waals surface area contributed by atoms with Gasteiger partial charge in [0.25, 0.3) is 0 Å². The number of hydrogen-bond donors (Lipinski definition) is 1. The Bertz CT molecular complexity index is 702. The summed E-state index contributed by atoms with van der Waals surface area (Å²) in [6.45, 7) is -0.235. The van der Waals surface area contributed by atoms with E-state index in [1.165, 1.54) is 7.11 Å². The van der Waals surface area contributed by atoms with E-state index >= 15 is 0 Å². The van der Waals surface area contributed by atoms with Crippen LogP contribution >= 0.6 is 11.6 Å². The van der Waals surface area contributed by atoms with Gasteiger partial charge in [-0.15, -0.1) is 0 Å². The predicted octanol–water partition coefficient (Wildman–Crippen LogP) is 2.61. The molecule has 23 heavy (non-hydrogen) atoms. The number of carbonyl (C=O) groups is 2. The van der Waals surface area contributed by atoms with Crippen molar-refractivity contribution < 1.29 is 19.1 Å². The second-order valence-electron chi connectivity index (χ2n) is 4.67. The number of rotatable bonds is 6. The summed E-state index contributed by atoms with van der Waals surface area (Å²) in [6.07, 6.45) is 0.0988. The molecule has 0 bridgehead atoms. The molecule has 0 aliphatic carbocycles. The Labute approximate surface area is 139 Å². The molecular weight excluding hydrogens is 318 g/mol. The van der Waals surface area contributed by atoms with Crippen molar-refractivity contribution in [1.82, 2.24) is 5.32 Å². The first-order chi connectivity index (χ1) is 11.1. The van der Waals surface area contributed by atoms with Crippen molar-refractivity contribution in [1.29, 1.82) is 0 Å². The molecule has 0 radical (unpaired) electrons. The first-order valence-electron chi connectivity index (χ1n) is 6.94. The number of para-hydroxylation sites is 2. The van der Waals surface area contributed by atoms with Crippen LogP contribution in [0.2, 0.25) is 5.02 Å². The van der Waals surface area contributed by atoms with Gasteiger partial charge in [-0.3, -0.25) is 4.79 Å². The topological polar surface area (TPSA) is 64.6 Å². The van der Waals surface area contributed by atoms with Crippen molar-refractivity contribution in [3.05, 3.63) is 59.1 Å². The highest BCUT2D eigenvalue weighted by atomic mass is 35.5. The van der Waals surface area contributed by atoms with E-state index in [2.05, 4.69) is 5.32 Å². The fourth-order valence-corrected chi connectivity index (χ4v) is 2.11. The largest absolute Gasteiger partial charge is 0.493 e. The Hall–Kier alpha value is -2.53. The van der Waals surface area contributed by atoms with E-state index in [4.69, 9.17) is 21.1 Å². The third-order valence-electron chi connectivity index (χ3n) is 3.03. The Kier molecular flexibility index (Phi) is 6.00. The molecule has 1 amide bonds. The molecule has 6 heteroatoms. The maximum absolute atomic E-state index is 11.8. The van der Waals surface area contributed by atoms with E-state index in [1.54, 1.807) is 48.5 Å². The first-order valence-corrected chi connectivity index (χ1v) is 7.31. The summed E-state index contributed by atoms with van der Waals surface area (Å²) < 4.78 is 10.2. The van der Waals surface area contributed by atoms with Crippen LogP contribution < -0.4 is 14.8 Å². The van der Waals surface area contributed by atoms with Crippen molar-refractivity contribution in [3.8, 4) is 11.5 Å². The number of methoxy groups -OCH3 is 1. The molecule has 5 nitrogen and oxygen atoms in total. The summed E-state index contributed by atoms with van der Waals surface area (Å²) in [5.41, 5.74) is 0.699. The van der Waals surface area contributed by atoms with Crippen LogP contribution in [0.25, 0.3) is 0 Å². The van der Waals surface area contributed by atoms with Gasteiger partial charge in [0.15, 0.2) is 11.5 Å². The van der Waals surface area contributed by atoms with Crippen molar-refractivity contribution in [2.75, 3.05) is 13.7 Å². The molecule has 0 saturated heterocycles. The summed E-state index contributed by atoms with van der Waals surface area (Å²) in [7, 11) is 1.48. The van der Waals surface area contributed by atoms with E-state index in [0.29, 0.717) is 22.1 Å². The minimum absolute atomic E-state index is 0.0988. The smallest absolute Gasteiger partial charge is 0.330 e. The maximum Gasteiger partial charge on any atom is 0.330 e. The van der Waals surface area contributed by atoms with E-state index in [-0.39, 0.29) is 18.9 Å². The highest BCUT2D eigenvalue weighted by Gasteiger charge is 2.12. The third-order valence-corrected chi connectivity index (χ3v) is 3.40. The number of halogens is 1. The van der Waals surface area contributed by atoms with Crippen LogP contribution in [0.5, 0.6) is 11.5 Å². The number of benzene rings is 2. The lowest BCUT2D eigenvalue weighted by Crippen LogP contribution is -2.33. The fourth-order valence-electron chi connectivity index (χ4n) is 1.91. The number of ether oxygens (including phenoxy) is 2. The molecule has 2 aromatic rings. The predicted molar refractivity (Wildman–Crippen MR) is 86.8 cm³/mol. The minimum Gasteiger partial charge on any atom is -0.493 e. The lowest BCUT2D eigenvalue weighted by Gasteiger charge is -2.09. The van der Waals surface area contributed by atoms with Crippen molar-refractivity contribution in [2.45, 2.75) is 6.42 Å². The van der Waals surface area contributed by atoms with Gasteiger partial charge in [-0.25, -0.2) is 4.79 Å². The molecule has 120 valence electrons. The zero-order chi connectivity index (χ0) is 16.7. The molecule has 0 aliphatic heterocycles. The van der Waals surface area contributed by atoms with Crippen LogP contribution in [-0.2, 0) is 16.0 Å². The molecule has 0 heterocycles. The van der Waals surface area contributed by atoms with Gasteiger partial charge >= 0.3 is 5.97 Å². The van der Waals surface area contributed by atoms with Crippen LogP contribution in [0, 0.1) is 0 Å². The molecule has 0 saturated carbocycles. The first kappa shape index (κ1) is 16.8. The Morgan fingerprint density at radius 3 is 2.39 bits per heavy atom. The normalized spacial score (nSPS) is 10.0. The molecule has 1 N–H and O–H groups in total. The molecule has 0 aromatic heterocycles. The maximum atomic E-state index is 11.8. The quantitative estimate of drug-likeness (QED) is 0.652. The van der Waals surface area contributed by atoms with E-state index in [0.717, 1.165) is 0 Å². The van der Waals surface area contributed by atoms with Gasteiger partial charge in [0, 0.05) is 5.02 Å². The zero-order valence-electron chi connectivity index (χ0n) is 12.5. The second-order valence-corrected chi connectivity index (χ2v) is 5.08. The minimum atomic E-state index is -0.581. The zero-order valence-corrected chi connectivity index (χ0v) is 13.3. The average Bonchev–Trinajstić information content (AvgIpc) is 2.55. The monoisotopic (exact) mass is 333 g/mol. The number of esters is 1. The van der Waals surface area contributed by atoms with Crippen LogP contribution in [0.15, 0.2) is 48.5 Å². The number of hydrogen-bond acceptors (Lipinski definition) is 4. The number of carbonyl (C=O) groups excluding carboxylic acids is 2. The molecular formula is C17H16ClNO4. The van der Waals surface area contributed by atoms with Crippen molar-refractivity contribution >= 4 is 23.5 Å². The van der Waals surface area contributed by atoms with Gasteiger partial charge in [0.1, 0.15) is 6.54 Å². The van der Waals surface area contributed by atoms with E-state index < -0.39 is 5.97 Å². The SMILES string of the molecule is COc1ccccc1OC(=O)CNC(=O)Cc1ccccc1Cl. The lowest BCUT2D eigenvalue weighted by molar-refractivity contribution is -0.135. The average molecular weight is 334 g/mol. The van der Waals surface area contributed by atoms with Gasteiger partial charge in [-0.1, -0.05) is 41.9 Å². The van der Waals surface area contributed by atoms with Gasteiger partial charge < -0.3 is 14.8 Å². The Morgan fingerprint density at radius 1 is 1.04 bits per heavy atom. The van der Waals surface area contributed by atoms with Crippen LogP contribution in [0.4, 0.5) is 0 Å². The van der Waals surface area contributed by atoms with Crippen LogP contribution in [0.1, 0.15) is 5.56 Å². The Balaban J connectivity index is 1.84. The summed E-state index contributed by atoms with van der Waals surface area (Å²) in [5.74, 6) is -0.138. The van der Waals surface area contributed by atoms with Gasteiger partial charge in [-0.2, -0.15) is 0 Å². The van der Waals surface area contributed by atoms with E-state index in [1.807, 2.05) is 0 Å². The third kappa shape index (κ3) is 5.00. The molecule has 0 unspecified atom stereocenters. The fraction of sp³-hybridized carbons (Fsp3) is 0.176. The summed E-state index contributed by atoms with van der Waals surface area (Å²) in [6, 6.07) is 13.8. The molecule has 0 spiro atoms. The molecule has 2 aromatic carbocycles. The van der Waals surface area contributed by atoms with Crippen LogP contribution in [-0.4, -0.2) is 25.5 Å². The molecule has 2 rings (SSSR count). The number of amides is 1. The van der Waals surface area contributed by atoms with Gasteiger partial charge in [0.05, 0.1) is 13.5 Å². The highest BCUT2D eigenvalue weighted by Crippen LogP contribution is 2.25. The molecule has 0 atom stereocenters. The highest BCUT2D eigenvalue weighted by molar-refractivity contribution is 6.31. The van der Waals surface area contributed by atoms with E-state index in [9.17, 15) is 9.59 Å². The molecule has 0 fully saturated rings. The van der Waals surface area contributed by atoms with Crippen molar-refractivity contribution in [3.63, 3.8) is 0 Å². The second kappa shape index (κ2) is 8.19. The molecule has 0 aliphatic rings. The number of nitrogens with one attached hydrogen (secondary N) is 1. The lowest BCUT2D eigenvalue weighted by atomic mass is 10.1. The van der Waals surface area contributed by atoms with Gasteiger partial charge in [-0.05, 0) is 23.8 Å². The summed E-state index contributed by atoms with van der Waals surface area (Å²) in [4.78, 5) is 23.6. The summed E-state index contributed by atoms with van der Waals surface area (Å²) in [5, 5.41) is 3.02. The Morgan fingerprint density at radius 2 is 1.70 bits per heavy atom. The summed E-state index contributed by atoms with van der Waals surface area (Å²) >= 11 is 5.99. The van der Waals surface area contributed by atoms with Gasteiger partial charge in [0.2, 0.25) is 5.91 Å².